The normalized spacial score (nSPS) is 9.62. The molecular weight excluding hydrogens is 238 g/mol. The first-order valence-corrected chi connectivity index (χ1v) is 4.62. The molecule has 0 unspecified atom stereocenters. The summed E-state index contributed by atoms with van der Waals surface area (Å²) >= 11 is 3.01. The number of hydrogen-bond donors (Lipinski definition) is 1. The Morgan fingerprint density at radius 1 is 1.54 bits per heavy atom. The van der Waals surface area contributed by atoms with Crippen LogP contribution in [0.25, 0.3) is 0 Å². The number of rotatable bonds is 3. The molecule has 1 rings (SSSR count). The molecule has 0 spiro atoms. The van der Waals surface area contributed by atoms with Crippen LogP contribution < -0.4 is 0 Å². The van der Waals surface area contributed by atoms with E-state index in [0.717, 1.165) is 0 Å². The van der Waals surface area contributed by atoms with Gasteiger partial charge in [0.15, 0.2) is 5.78 Å². The summed E-state index contributed by atoms with van der Waals surface area (Å²) in [4.78, 5) is 21.3. The lowest BCUT2D eigenvalue weighted by molar-refractivity contribution is -0.729. The van der Waals surface area contributed by atoms with Crippen LogP contribution in [0.15, 0.2) is 24.3 Å². The SMILES string of the molecule is O=C(CBr)c1cccc([N+](=O)O)c1. The summed E-state index contributed by atoms with van der Waals surface area (Å²) in [6.07, 6.45) is 0. The highest BCUT2D eigenvalue weighted by Crippen LogP contribution is 2.13. The minimum absolute atomic E-state index is 0.0480. The van der Waals surface area contributed by atoms with E-state index >= 15 is 0 Å². The molecule has 4 nitrogen and oxygen atoms in total. The Balaban J connectivity index is 3.05. The third-order valence-electron chi connectivity index (χ3n) is 1.51. The molecule has 0 aliphatic rings. The summed E-state index contributed by atoms with van der Waals surface area (Å²) in [5, 5.41) is 8.75. The zero-order valence-corrected chi connectivity index (χ0v) is 8.19. The van der Waals surface area contributed by atoms with Crippen LogP contribution in [-0.4, -0.2) is 21.2 Å². The maximum absolute atomic E-state index is 11.1. The van der Waals surface area contributed by atoms with Gasteiger partial charge in [-0.25, -0.2) is 5.21 Å². The van der Waals surface area contributed by atoms with Gasteiger partial charge in [-0.2, -0.15) is 0 Å². The Labute approximate surface area is 82.8 Å². The smallest absolute Gasteiger partial charge is 0.293 e. The van der Waals surface area contributed by atoms with Gasteiger partial charge in [-0.05, 0) is 0 Å². The van der Waals surface area contributed by atoms with Gasteiger partial charge < -0.3 is 0 Å². The molecular formula is C8H7BrNO3+. The Morgan fingerprint density at radius 3 is 2.77 bits per heavy atom. The fourth-order valence-electron chi connectivity index (χ4n) is 0.875. The van der Waals surface area contributed by atoms with Crippen molar-refractivity contribution in [1.82, 2.24) is 0 Å². The van der Waals surface area contributed by atoms with E-state index in [1.807, 2.05) is 0 Å². The molecule has 13 heavy (non-hydrogen) atoms. The van der Waals surface area contributed by atoms with Crippen molar-refractivity contribution in [3.63, 3.8) is 0 Å². The zero-order valence-electron chi connectivity index (χ0n) is 6.61. The molecule has 0 atom stereocenters. The van der Waals surface area contributed by atoms with Crippen LogP contribution in [0.4, 0.5) is 5.69 Å². The van der Waals surface area contributed by atoms with Crippen LogP contribution in [-0.2, 0) is 0 Å². The summed E-state index contributed by atoms with van der Waals surface area (Å²) in [6, 6.07) is 5.86. The van der Waals surface area contributed by atoms with Gasteiger partial charge in [-0.1, -0.05) is 28.1 Å². The van der Waals surface area contributed by atoms with Gasteiger partial charge in [0, 0.05) is 17.7 Å². The van der Waals surface area contributed by atoms with Gasteiger partial charge in [-0.15, -0.1) is 0 Å². The molecule has 1 N–H and O–H groups in total. The summed E-state index contributed by atoms with van der Waals surface area (Å²) in [6.45, 7) is 0. The maximum Gasteiger partial charge on any atom is 0.317 e. The van der Waals surface area contributed by atoms with Crippen LogP contribution in [0.3, 0.4) is 0 Å². The minimum Gasteiger partial charge on any atom is -0.293 e. The second-order valence-electron chi connectivity index (χ2n) is 2.38. The fourth-order valence-corrected chi connectivity index (χ4v) is 1.20. The molecule has 0 radical (unpaired) electrons. The lowest BCUT2D eigenvalue weighted by Crippen LogP contribution is -2.01. The average Bonchev–Trinajstić information content (AvgIpc) is 2.17. The van der Waals surface area contributed by atoms with Gasteiger partial charge in [0.1, 0.15) is 0 Å². The Morgan fingerprint density at radius 2 is 2.23 bits per heavy atom. The number of benzene rings is 1. The van der Waals surface area contributed by atoms with Crippen molar-refractivity contribution in [2.45, 2.75) is 0 Å². The molecule has 0 amide bonds. The number of ketones is 1. The Kier molecular flexibility index (Phi) is 3.13. The number of halogens is 1. The van der Waals surface area contributed by atoms with Crippen molar-refractivity contribution < 1.29 is 14.9 Å². The highest BCUT2D eigenvalue weighted by molar-refractivity contribution is 9.09. The molecule has 0 saturated heterocycles. The number of carbonyl (C=O) groups excluding carboxylic acids is 1. The van der Waals surface area contributed by atoms with Gasteiger partial charge in [0.2, 0.25) is 0 Å². The summed E-state index contributed by atoms with van der Waals surface area (Å²) < 4.78 is 0. The molecule has 0 aliphatic carbocycles. The number of carbonyl (C=O) groups is 1. The van der Waals surface area contributed by atoms with E-state index in [1.165, 1.54) is 18.2 Å². The second-order valence-corrected chi connectivity index (χ2v) is 2.94. The zero-order chi connectivity index (χ0) is 9.84. The molecule has 5 heteroatoms. The molecule has 1 aromatic carbocycles. The van der Waals surface area contributed by atoms with Crippen molar-refractivity contribution in [3.8, 4) is 0 Å². The van der Waals surface area contributed by atoms with E-state index in [9.17, 15) is 9.70 Å². The highest BCUT2D eigenvalue weighted by Gasteiger charge is 2.13. The second kappa shape index (κ2) is 4.13. The third kappa shape index (κ3) is 2.35. The van der Waals surface area contributed by atoms with Crippen LogP contribution >= 0.6 is 15.9 Å². The summed E-state index contributed by atoms with van der Waals surface area (Å²) in [7, 11) is 0. The number of hydrogen-bond acceptors (Lipinski definition) is 2. The molecule has 0 bridgehead atoms. The monoisotopic (exact) mass is 244 g/mol. The van der Waals surface area contributed by atoms with Crippen molar-refractivity contribution in [2.24, 2.45) is 0 Å². The third-order valence-corrected chi connectivity index (χ3v) is 2.02. The van der Waals surface area contributed by atoms with E-state index in [4.69, 9.17) is 5.21 Å². The molecule has 0 fully saturated rings. The van der Waals surface area contributed by atoms with E-state index < -0.39 is 0 Å². The quantitative estimate of drug-likeness (QED) is 0.503. The molecule has 0 heterocycles. The maximum atomic E-state index is 11.1. The van der Waals surface area contributed by atoms with Crippen LogP contribution in [0.5, 0.6) is 0 Å². The number of Topliss-reactive ketones (excluding diaryl/α,β-unsaturated/α-hetero) is 1. The molecule has 68 valence electrons. The van der Waals surface area contributed by atoms with E-state index in [1.54, 1.807) is 6.07 Å². The highest BCUT2D eigenvalue weighted by atomic mass is 79.9. The standard InChI is InChI=1S/C8H7BrNO3/c9-5-8(11)6-2-1-3-7(4-6)10(12)13/h1-4H,5H2,(H,12,13)/q+1. The van der Waals surface area contributed by atoms with Crippen LogP contribution in [0.1, 0.15) is 10.4 Å². The topological polar surface area (TPSA) is 57.4 Å². The van der Waals surface area contributed by atoms with E-state index in [0.29, 0.717) is 5.56 Å². The Hall–Kier alpha value is -1.23. The number of alkyl halides is 1. The first-order chi connectivity index (χ1) is 6.15. The summed E-state index contributed by atoms with van der Waals surface area (Å²) in [5.74, 6) is -0.135. The molecule has 1 aromatic rings. The van der Waals surface area contributed by atoms with E-state index in [2.05, 4.69) is 15.9 Å². The minimum atomic E-state index is -0.273. The molecule has 0 saturated carbocycles. The fraction of sp³-hybridized carbons (Fsp3) is 0.125. The largest absolute Gasteiger partial charge is 0.317 e. The molecule has 0 aromatic heterocycles. The molecule has 0 aliphatic heterocycles. The predicted molar refractivity (Wildman–Crippen MR) is 49.6 cm³/mol. The predicted octanol–water partition coefficient (Wildman–Crippen LogP) is 2.06. The lowest BCUT2D eigenvalue weighted by Gasteiger charge is -1.93. The van der Waals surface area contributed by atoms with Gasteiger partial charge in [-0.3, -0.25) is 4.79 Å². The lowest BCUT2D eigenvalue weighted by atomic mass is 10.1. The first kappa shape index (κ1) is 9.85. The van der Waals surface area contributed by atoms with E-state index in [-0.39, 0.29) is 21.7 Å². The van der Waals surface area contributed by atoms with Gasteiger partial charge in [0.05, 0.1) is 10.2 Å². The van der Waals surface area contributed by atoms with Crippen molar-refractivity contribution in [2.75, 3.05) is 5.33 Å². The van der Waals surface area contributed by atoms with Crippen molar-refractivity contribution >= 4 is 27.4 Å². The average molecular weight is 245 g/mol. The van der Waals surface area contributed by atoms with Gasteiger partial charge in [0.25, 0.3) is 4.92 Å². The van der Waals surface area contributed by atoms with Crippen LogP contribution in [0, 0.1) is 4.91 Å². The number of nitrogens with zero attached hydrogens (tertiary/aromatic N) is 1. The van der Waals surface area contributed by atoms with Crippen molar-refractivity contribution in [3.05, 3.63) is 34.7 Å². The van der Waals surface area contributed by atoms with Gasteiger partial charge >= 0.3 is 5.69 Å². The van der Waals surface area contributed by atoms with Crippen molar-refractivity contribution in [1.29, 1.82) is 0 Å². The van der Waals surface area contributed by atoms with Crippen LogP contribution in [0.2, 0.25) is 0 Å². The Bertz CT molecular complexity index is 351. The first-order valence-electron chi connectivity index (χ1n) is 3.50. The summed E-state index contributed by atoms with van der Waals surface area (Å²) in [5.41, 5.74) is 0.441.